The summed E-state index contributed by atoms with van der Waals surface area (Å²) in [5.41, 5.74) is 7.21. The van der Waals surface area contributed by atoms with Crippen LogP contribution in [0.15, 0.2) is 30.3 Å². The van der Waals surface area contributed by atoms with Crippen molar-refractivity contribution in [3.05, 3.63) is 46.5 Å². The number of carbonyl (C=O) groups excluding carboxylic acids is 1. The van der Waals surface area contributed by atoms with Gasteiger partial charge in [0.05, 0.1) is 25.8 Å². The van der Waals surface area contributed by atoms with Gasteiger partial charge < -0.3 is 30.0 Å². The summed E-state index contributed by atoms with van der Waals surface area (Å²) in [7, 11) is 3.24. The third kappa shape index (κ3) is 6.73. The summed E-state index contributed by atoms with van der Waals surface area (Å²) in [6, 6.07) is 9.50. The predicted molar refractivity (Wildman–Crippen MR) is 112 cm³/mol. The predicted octanol–water partition coefficient (Wildman–Crippen LogP) is 2.95. The van der Waals surface area contributed by atoms with Gasteiger partial charge in [0.2, 0.25) is 0 Å². The lowest BCUT2D eigenvalue weighted by atomic mass is 10.1. The molecule has 0 bridgehead atoms. The number of ether oxygens (including phenoxy) is 4. The van der Waals surface area contributed by atoms with Crippen molar-refractivity contribution in [3.63, 3.8) is 0 Å². The van der Waals surface area contributed by atoms with Gasteiger partial charge in [-0.1, -0.05) is 17.7 Å². The number of rotatable bonds is 12. The second-order valence-corrected chi connectivity index (χ2v) is 6.62. The first kappa shape index (κ1) is 22.6. The minimum Gasteiger partial charge on any atom is -0.493 e. The van der Waals surface area contributed by atoms with Crippen LogP contribution in [0.1, 0.15) is 18.1 Å². The van der Waals surface area contributed by atoms with Crippen molar-refractivity contribution in [2.45, 2.75) is 19.9 Å². The lowest BCUT2D eigenvalue weighted by Crippen LogP contribution is -2.20. The van der Waals surface area contributed by atoms with Crippen LogP contribution in [0.25, 0.3) is 0 Å². The van der Waals surface area contributed by atoms with Gasteiger partial charge in [0.15, 0.2) is 29.6 Å². The highest BCUT2D eigenvalue weighted by atomic mass is 35.5. The molecule has 0 spiro atoms. The number of nitrogens with one attached hydrogen (secondary N) is 1. The van der Waals surface area contributed by atoms with Crippen molar-refractivity contribution >= 4 is 17.5 Å². The van der Waals surface area contributed by atoms with Gasteiger partial charge in [0, 0.05) is 6.54 Å². The Kier molecular flexibility index (Phi) is 8.89. The molecule has 2 aromatic rings. The van der Waals surface area contributed by atoms with Crippen LogP contribution in [-0.4, -0.2) is 39.9 Å². The van der Waals surface area contributed by atoms with Crippen molar-refractivity contribution in [1.29, 1.82) is 0 Å². The second kappa shape index (κ2) is 11.4. The summed E-state index contributed by atoms with van der Waals surface area (Å²) in [6.45, 7) is 3.40. The van der Waals surface area contributed by atoms with Gasteiger partial charge >= 0.3 is 0 Å². The van der Waals surface area contributed by atoms with E-state index in [0.29, 0.717) is 41.2 Å². The highest BCUT2D eigenvalue weighted by Gasteiger charge is 2.13. The Balaban J connectivity index is 1.97. The molecule has 0 atom stereocenters. The van der Waals surface area contributed by atoms with E-state index in [9.17, 15) is 4.79 Å². The van der Waals surface area contributed by atoms with Crippen molar-refractivity contribution in [2.24, 2.45) is 5.73 Å². The van der Waals surface area contributed by atoms with Gasteiger partial charge in [-0.3, -0.25) is 4.79 Å². The SMILES string of the molecule is CCOc1cc(CNCCc2ccc(OC)c(OC)c2)cc(Cl)c1OCC(N)=O. The first-order valence-electron chi connectivity index (χ1n) is 9.26. The Bertz CT molecular complexity index is 829. The molecule has 0 heterocycles. The van der Waals surface area contributed by atoms with E-state index >= 15 is 0 Å². The molecular weight excluding hydrogens is 396 g/mol. The van der Waals surface area contributed by atoms with Gasteiger partial charge in [-0.05, 0) is 55.3 Å². The van der Waals surface area contributed by atoms with E-state index in [1.165, 1.54) is 0 Å². The van der Waals surface area contributed by atoms with Crippen LogP contribution in [-0.2, 0) is 17.8 Å². The third-order valence-corrected chi connectivity index (χ3v) is 4.38. The summed E-state index contributed by atoms with van der Waals surface area (Å²) in [5.74, 6) is 1.65. The average molecular weight is 423 g/mol. The highest BCUT2D eigenvalue weighted by molar-refractivity contribution is 6.32. The molecule has 0 aliphatic carbocycles. The summed E-state index contributed by atoms with van der Waals surface area (Å²) in [5, 5.41) is 3.75. The Labute approximate surface area is 176 Å². The minimum absolute atomic E-state index is 0.261. The summed E-state index contributed by atoms with van der Waals surface area (Å²) in [4.78, 5) is 11.0. The maximum absolute atomic E-state index is 11.0. The van der Waals surface area contributed by atoms with Crippen LogP contribution >= 0.6 is 11.6 Å². The standard InChI is InChI=1S/C21H27ClN2O5/c1-4-28-19-11-15(9-16(22)21(19)29-13-20(23)25)12-24-8-7-14-5-6-17(26-2)18(10-14)27-3/h5-6,9-11,24H,4,7-8,12-13H2,1-3H3,(H2,23,25). The number of primary amides is 1. The second-order valence-electron chi connectivity index (χ2n) is 6.21. The van der Waals surface area contributed by atoms with E-state index < -0.39 is 5.91 Å². The monoisotopic (exact) mass is 422 g/mol. The minimum atomic E-state index is -0.579. The van der Waals surface area contributed by atoms with Crippen molar-refractivity contribution < 1.29 is 23.7 Å². The van der Waals surface area contributed by atoms with Crippen LogP contribution in [0.5, 0.6) is 23.0 Å². The number of hydrogen-bond acceptors (Lipinski definition) is 6. The number of halogens is 1. The van der Waals surface area contributed by atoms with E-state index in [0.717, 1.165) is 24.1 Å². The van der Waals surface area contributed by atoms with E-state index in [1.54, 1.807) is 20.3 Å². The molecule has 0 aliphatic rings. The molecule has 29 heavy (non-hydrogen) atoms. The molecule has 2 rings (SSSR count). The third-order valence-electron chi connectivity index (χ3n) is 4.10. The van der Waals surface area contributed by atoms with E-state index in [2.05, 4.69) is 5.32 Å². The zero-order valence-corrected chi connectivity index (χ0v) is 17.7. The summed E-state index contributed by atoms with van der Waals surface area (Å²) < 4.78 is 21.6. The molecule has 0 radical (unpaired) electrons. The van der Waals surface area contributed by atoms with Crippen LogP contribution < -0.4 is 30.0 Å². The fourth-order valence-corrected chi connectivity index (χ4v) is 3.06. The summed E-state index contributed by atoms with van der Waals surface area (Å²) >= 11 is 6.31. The number of hydrogen-bond donors (Lipinski definition) is 2. The number of benzene rings is 2. The maximum Gasteiger partial charge on any atom is 0.255 e. The van der Waals surface area contributed by atoms with Crippen LogP contribution in [0.3, 0.4) is 0 Å². The van der Waals surface area contributed by atoms with E-state index in [-0.39, 0.29) is 6.61 Å². The zero-order valence-electron chi connectivity index (χ0n) is 16.9. The van der Waals surface area contributed by atoms with Gasteiger partial charge in [-0.15, -0.1) is 0 Å². The molecule has 0 aromatic heterocycles. The molecule has 7 nitrogen and oxygen atoms in total. The highest BCUT2D eigenvalue weighted by Crippen LogP contribution is 2.36. The maximum atomic E-state index is 11.0. The van der Waals surface area contributed by atoms with Crippen LogP contribution in [0.2, 0.25) is 5.02 Å². The smallest absolute Gasteiger partial charge is 0.255 e. The quantitative estimate of drug-likeness (QED) is 0.511. The Morgan fingerprint density at radius 2 is 1.76 bits per heavy atom. The molecule has 158 valence electrons. The molecule has 0 unspecified atom stereocenters. The topological polar surface area (TPSA) is 92.0 Å². The fraction of sp³-hybridized carbons (Fsp3) is 0.381. The molecule has 0 aliphatic heterocycles. The van der Waals surface area contributed by atoms with Crippen molar-refractivity contribution in [3.8, 4) is 23.0 Å². The van der Waals surface area contributed by atoms with E-state index in [4.69, 9.17) is 36.3 Å². The molecule has 1 amide bonds. The number of carbonyl (C=O) groups is 1. The van der Waals surface area contributed by atoms with Crippen molar-refractivity contribution in [1.82, 2.24) is 5.32 Å². The lowest BCUT2D eigenvalue weighted by molar-refractivity contribution is -0.119. The molecular formula is C21H27ClN2O5. The zero-order chi connectivity index (χ0) is 21.2. The van der Waals surface area contributed by atoms with Gasteiger partial charge in [0.25, 0.3) is 5.91 Å². The summed E-state index contributed by atoms with van der Waals surface area (Å²) in [6.07, 6.45) is 0.826. The van der Waals surface area contributed by atoms with Gasteiger partial charge in [-0.2, -0.15) is 0 Å². The van der Waals surface area contributed by atoms with Crippen LogP contribution in [0, 0.1) is 0 Å². The number of methoxy groups -OCH3 is 2. The Morgan fingerprint density at radius 3 is 2.41 bits per heavy atom. The molecule has 0 saturated heterocycles. The van der Waals surface area contributed by atoms with Crippen molar-refractivity contribution in [2.75, 3.05) is 34.0 Å². The Hall–Kier alpha value is -2.64. The molecule has 8 heteroatoms. The normalized spacial score (nSPS) is 10.5. The largest absolute Gasteiger partial charge is 0.493 e. The fourth-order valence-electron chi connectivity index (χ4n) is 2.77. The first-order chi connectivity index (χ1) is 14.0. The van der Waals surface area contributed by atoms with Crippen LogP contribution in [0.4, 0.5) is 0 Å². The molecule has 0 saturated carbocycles. The number of nitrogens with two attached hydrogens (primary N) is 1. The molecule has 0 fully saturated rings. The average Bonchev–Trinajstić information content (AvgIpc) is 2.70. The molecule has 3 N–H and O–H groups in total. The Morgan fingerprint density at radius 1 is 1.03 bits per heavy atom. The van der Waals surface area contributed by atoms with Gasteiger partial charge in [-0.25, -0.2) is 0 Å². The first-order valence-corrected chi connectivity index (χ1v) is 9.64. The number of amides is 1. The molecule has 2 aromatic carbocycles. The lowest BCUT2D eigenvalue weighted by Gasteiger charge is -2.15. The van der Waals surface area contributed by atoms with E-state index in [1.807, 2.05) is 31.2 Å². The van der Waals surface area contributed by atoms with Gasteiger partial charge in [0.1, 0.15) is 0 Å².